The smallest absolute Gasteiger partial charge is 0.126 e. The van der Waals surface area contributed by atoms with Crippen LogP contribution < -0.4 is 4.74 Å². The second-order valence-corrected chi connectivity index (χ2v) is 6.73. The van der Waals surface area contributed by atoms with Crippen molar-refractivity contribution in [1.82, 2.24) is 0 Å². The summed E-state index contributed by atoms with van der Waals surface area (Å²) in [7, 11) is 0. The van der Waals surface area contributed by atoms with Gasteiger partial charge in [0, 0.05) is 5.92 Å². The van der Waals surface area contributed by atoms with E-state index < -0.39 is 5.60 Å². The Morgan fingerprint density at radius 3 is 2.55 bits per heavy atom. The second kappa shape index (κ2) is 6.13. The van der Waals surface area contributed by atoms with E-state index in [1.54, 1.807) is 0 Å². The van der Waals surface area contributed by atoms with Crippen molar-refractivity contribution in [2.24, 2.45) is 0 Å². The number of aliphatic hydroxyl groups is 1. The van der Waals surface area contributed by atoms with Crippen molar-refractivity contribution in [3.8, 4) is 5.75 Å². The van der Waals surface area contributed by atoms with Crippen molar-refractivity contribution < 1.29 is 9.84 Å². The molecular formula is C20H24O2. The minimum absolute atomic E-state index is 0.00471. The van der Waals surface area contributed by atoms with Crippen LogP contribution in [0.4, 0.5) is 0 Å². The van der Waals surface area contributed by atoms with E-state index in [0.717, 1.165) is 5.75 Å². The van der Waals surface area contributed by atoms with E-state index in [2.05, 4.69) is 36.4 Å². The van der Waals surface area contributed by atoms with Crippen molar-refractivity contribution in [2.45, 2.75) is 44.6 Å². The van der Waals surface area contributed by atoms with E-state index in [4.69, 9.17) is 4.74 Å². The number of aliphatic hydroxyl groups excluding tert-OH is 1. The molecule has 1 aliphatic rings. The SMILES string of the molecule is CC(C)(CO)Oc1ccc(C2CCCc3ccccc32)cc1. The van der Waals surface area contributed by atoms with Crippen LogP contribution in [-0.4, -0.2) is 17.3 Å². The van der Waals surface area contributed by atoms with Crippen molar-refractivity contribution in [1.29, 1.82) is 0 Å². The molecule has 0 amide bonds. The predicted molar refractivity (Wildman–Crippen MR) is 89.5 cm³/mol. The number of fused-ring (bicyclic) bond motifs is 1. The molecule has 2 aromatic carbocycles. The number of hydrogen-bond acceptors (Lipinski definition) is 2. The molecule has 0 fully saturated rings. The molecule has 3 rings (SSSR count). The van der Waals surface area contributed by atoms with Gasteiger partial charge in [-0.25, -0.2) is 0 Å². The maximum absolute atomic E-state index is 9.30. The molecule has 0 bridgehead atoms. The van der Waals surface area contributed by atoms with E-state index >= 15 is 0 Å². The lowest BCUT2D eigenvalue weighted by Gasteiger charge is -2.27. The maximum atomic E-state index is 9.30. The standard InChI is InChI=1S/C20H24O2/c1-20(2,14-21)22-17-12-10-16(11-13-17)19-9-5-7-15-6-3-4-8-18(15)19/h3-4,6,8,10-13,19,21H,5,7,9,14H2,1-2H3. The van der Waals surface area contributed by atoms with Gasteiger partial charge in [0.05, 0.1) is 6.61 Å². The van der Waals surface area contributed by atoms with Crippen molar-refractivity contribution in [3.63, 3.8) is 0 Å². The Kier molecular flexibility index (Phi) is 4.21. The molecule has 0 spiro atoms. The first-order valence-electron chi connectivity index (χ1n) is 8.07. The Morgan fingerprint density at radius 2 is 1.82 bits per heavy atom. The van der Waals surface area contributed by atoms with E-state index in [1.807, 2.05) is 26.0 Å². The Morgan fingerprint density at radius 1 is 1.09 bits per heavy atom. The van der Waals surface area contributed by atoms with Gasteiger partial charge in [0.15, 0.2) is 0 Å². The third-order valence-corrected chi connectivity index (χ3v) is 4.43. The normalized spacial score (nSPS) is 17.9. The first kappa shape index (κ1) is 15.1. The topological polar surface area (TPSA) is 29.5 Å². The Hall–Kier alpha value is -1.80. The van der Waals surface area contributed by atoms with Gasteiger partial charge < -0.3 is 9.84 Å². The lowest BCUT2D eigenvalue weighted by atomic mass is 9.79. The summed E-state index contributed by atoms with van der Waals surface area (Å²) in [6, 6.07) is 17.1. The Balaban J connectivity index is 1.82. The van der Waals surface area contributed by atoms with Gasteiger partial charge in [-0.15, -0.1) is 0 Å². The van der Waals surface area contributed by atoms with Crippen LogP contribution in [0.3, 0.4) is 0 Å². The van der Waals surface area contributed by atoms with Gasteiger partial charge in [-0.2, -0.15) is 0 Å². The highest BCUT2D eigenvalue weighted by molar-refractivity contribution is 5.41. The molecule has 22 heavy (non-hydrogen) atoms. The number of rotatable bonds is 4. The van der Waals surface area contributed by atoms with E-state index in [0.29, 0.717) is 5.92 Å². The predicted octanol–water partition coefficient (Wildman–Crippen LogP) is 4.30. The summed E-state index contributed by atoms with van der Waals surface area (Å²) in [6.07, 6.45) is 3.65. The van der Waals surface area contributed by atoms with Crippen LogP contribution in [0.15, 0.2) is 48.5 Å². The second-order valence-electron chi connectivity index (χ2n) is 6.73. The molecule has 2 heteroatoms. The van der Waals surface area contributed by atoms with Crippen molar-refractivity contribution >= 4 is 0 Å². The summed E-state index contributed by atoms with van der Waals surface area (Å²) in [5, 5.41) is 9.30. The van der Waals surface area contributed by atoms with Gasteiger partial charge in [0.2, 0.25) is 0 Å². The van der Waals surface area contributed by atoms with Crippen molar-refractivity contribution in [3.05, 3.63) is 65.2 Å². The Bertz CT molecular complexity index is 628. The average Bonchev–Trinajstić information content (AvgIpc) is 2.55. The molecule has 1 unspecified atom stereocenters. The molecule has 0 heterocycles. The highest BCUT2D eigenvalue weighted by Gasteiger charge is 2.22. The molecule has 116 valence electrons. The van der Waals surface area contributed by atoms with Crippen LogP contribution in [0.25, 0.3) is 0 Å². The molecule has 0 radical (unpaired) electrons. The molecule has 2 aromatic rings. The number of benzene rings is 2. The lowest BCUT2D eigenvalue weighted by Crippen LogP contribution is -2.32. The van der Waals surface area contributed by atoms with Crippen LogP contribution in [0, 0.1) is 0 Å². The molecule has 0 saturated heterocycles. The van der Waals surface area contributed by atoms with Crippen LogP contribution in [0.1, 0.15) is 49.3 Å². The number of aryl methyl sites for hydroxylation is 1. The zero-order valence-electron chi connectivity index (χ0n) is 13.4. The van der Waals surface area contributed by atoms with E-state index in [1.165, 1.54) is 36.0 Å². The highest BCUT2D eigenvalue weighted by Crippen LogP contribution is 2.37. The molecule has 1 N–H and O–H groups in total. The quantitative estimate of drug-likeness (QED) is 0.911. The van der Waals surface area contributed by atoms with Gasteiger partial charge in [0.1, 0.15) is 11.4 Å². The number of ether oxygens (including phenoxy) is 1. The monoisotopic (exact) mass is 296 g/mol. The minimum atomic E-state index is -0.543. The van der Waals surface area contributed by atoms with Crippen molar-refractivity contribution in [2.75, 3.05) is 6.61 Å². The molecular weight excluding hydrogens is 272 g/mol. The molecule has 1 aliphatic carbocycles. The molecule has 0 aromatic heterocycles. The minimum Gasteiger partial charge on any atom is -0.485 e. The van der Waals surface area contributed by atoms with Crippen LogP contribution in [-0.2, 0) is 6.42 Å². The Labute approximate surface area is 132 Å². The van der Waals surface area contributed by atoms with Crippen LogP contribution in [0.2, 0.25) is 0 Å². The molecule has 0 saturated carbocycles. The van der Waals surface area contributed by atoms with E-state index in [9.17, 15) is 5.11 Å². The summed E-state index contributed by atoms with van der Waals surface area (Å²) < 4.78 is 5.81. The third-order valence-electron chi connectivity index (χ3n) is 4.43. The van der Waals surface area contributed by atoms with Gasteiger partial charge in [-0.1, -0.05) is 36.4 Å². The summed E-state index contributed by atoms with van der Waals surface area (Å²) in [4.78, 5) is 0. The van der Waals surface area contributed by atoms with Gasteiger partial charge in [0.25, 0.3) is 0 Å². The summed E-state index contributed by atoms with van der Waals surface area (Å²) in [5.74, 6) is 1.30. The maximum Gasteiger partial charge on any atom is 0.126 e. The fourth-order valence-corrected chi connectivity index (χ4v) is 3.22. The third kappa shape index (κ3) is 3.17. The van der Waals surface area contributed by atoms with E-state index in [-0.39, 0.29) is 6.61 Å². The zero-order chi connectivity index (χ0) is 15.6. The fraction of sp³-hybridized carbons (Fsp3) is 0.400. The molecule has 1 atom stereocenters. The molecule has 2 nitrogen and oxygen atoms in total. The zero-order valence-corrected chi connectivity index (χ0v) is 13.4. The summed E-state index contributed by atoms with van der Waals surface area (Å²) in [6.45, 7) is 3.78. The van der Waals surface area contributed by atoms with Gasteiger partial charge in [-0.05, 0) is 61.9 Å². The number of hydrogen-bond donors (Lipinski definition) is 1. The van der Waals surface area contributed by atoms with Gasteiger partial charge in [-0.3, -0.25) is 0 Å². The van der Waals surface area contributed by atoms with Crippen LogP contribution >= 0.6 is 0 Å². The highest BCUT2D eigenvalue weighted by atomic mass is 16.5. The average molecular weight is 296 g/mol. The largest absolute Gasteiger partial charge is 0.485 e. The lowest BCUT2D eigenvalue weighted by molar-refractivity contribution is 0.0412. The summed E-state index contributed by atoms with van der Waals surface area (Å²) in [5.41, 5.74) is 3.76. The fourth-order valence-electron chi connectivity index (χ4n) is 3.22. The van der Waals surface area contributed by atoms with Gasteiger partial charge >= 0.3 is 0 Å². The summed E-state index contributed by atoms with van der Waals surface area (Å²) >= 11 is 0. The van der Waals surface area contributed by atoms with Crippen LogP contribution in [0.5, 0.6) is 5.75 Å². The molecule has 0 aliphatic heterocycles. The first-order chi connectivity index (χ1) is 10.6. The first-order valence-corrected chi connectivity index (χ1v) is 8.07.